The van der Waals surface area contributed by atoms with Crippen molar-refractivity contribution in [3.05, 3.63) is 29.3 Å². The van der Waals surface area contributed by atoms with E-state index >= 15 is 0 Å². The highest BCUT2D eigenvalue weighted by molar-refractivity contribution is 7.89. The Labute approximate surface area is 154 Å². The Morgan fingerprint density at radius 2 is 2.08 bits per heavy atom. The van der Waals surface area contributed by atoms with Crippen LogP contribution < -0.4 is 15.4 Å². The Morgan fingerprint density at radius 1 is 1.32 bits per heavy atom. The van der Waals surface area contributed by atoms with Gasteiger partial charge in [0, 0.05) is 12.1 Å². The number of fused-ring (bicyclic) bond motifs is 1. The second-order valence-corrected chi connectivity index (χ2v) is 8.07. The van der Waals surface area contributed by atoms with Gasteiger partial charge in [0.2, 0.25) is 15.9 Å². The van der Waals surface area contributed by atoms with Crippen LogP contribution in [-0.2, 0) is 32.8 Å². The lowest BCUT2D eigenvalue weighted by atomic mass is 10.00. The van der Waals surface area contributed by atoms with E-state index in [0.29, 0.717) is 13.2 Å². The van der Waals surface area contributed by atoms with Crippen LogP contribution in [0, 0.1) is 0 Å². The molecule has 2 unspecified atom stereocenters. The van der Waals surface area contributed by atoms with E-state index in [0.717, 1.165) is 30.5 Å². The van der Waals surface area contributed by atoms with Crippen LogP contribution in [0.1, 0.15) is 30.9 Å². The van der Waals surface area contributed by atoms with Gasteiger partial charge < -0.3 is 15.4 Å². The van der Waals surface area contributed by atoms with E-state index < -0.39 is 10.0 Å². The molecule has 0 aliphatic carbocycles. The molecule has 0 aromatic heterocycles. The first kappa shape index (κ1) is 20.1. The minimum Gasteiger partial charge on any atom is -0.372 e. The first-order valence-corrected chi connectivity index (χ1v) is 9.66. The van der Waals surface area contributed by atoms with Crippen molar-refractivity contribution in [1.82, 2.24) is 15.4 Å². The van der Waals surface area contributed by atoms with Gasteiger partial charge in [-0.25, -0.2) is 13.1 Å². The fraction of sp³-hybridized carbons (Fsp3) is 0.562. The number of carbonyl (C=O) groups excluding carboxylic acids is 1. The normalized spacial score (nSPS) is 22.8. The van der Waals surface area contributed by atoms with Gasteiger partial charge in [0.1, 0.15) is 0 Å². The van der Waals surface area contributed by atoms with E-state index in [-0.39, 0.29) is 41.8 Å². The highest BCUT2D eigenvalue weighted by atomic mass is 35.5. The van der Waals surface area contributed by atoms with Crippen LogP contribution in [0.25, 0.3) is 0 Å². The zero-order valence-electron chi connectivity index (χ0n) is 14.1. The molecule has 0 saturated carbocycles. The van der Waals surface area contributed by atoms with Crippen LogP contribution in [-0.4, -0.2) is 39.5 Å². The first-order chi connectivity index (χ1) is 11.5. The summed E-state index contributed by atoms with van der Waals surface area (Å²) in [5, 5.41) is 6.18. The molecule has 7 nitrogen and oxygen atoms in total. The molecule has 1 saturated heterocycles. The number of benzene rings is 1. The van der Waals surface area contributed by atoms with E-state index in [1.54, 1.807) is 18.2 Å². The molecule has 2 heterocycles. The minimum atomic E-state index is -3.71. The molecule has 3 rings (SSSR count). The Morgan fingerprint density at radius 3 is 2.84 bits per heavy atom. The fourth-order valence-electron chi connectivity index (χ4n) is 3.06. The summed E-state index contributed by atoms with van der Waals surface area (Å²) in [5.74, 6) is -0.316. The van der Waals surface area contributed by atoms with Crippen molar-refractivity contribution in [3.63, 3.8) is 0 Å². The number of nitrogens with one attached hydrogen (secondary N) is 3. The van der Waals surface area contributed by atoms with Crippen LogP contribution in [0.2, 0.25) is 0 Å². The lowest BCUT2D eigenvalue weighted by Crippen LogP contribution is -2.53. The summed E-state index contributed by atoms with van der Waals surface area (Å²) < 4.78 is 32.4. The van der Waals surface area contributed by atoms with Crippen LogP contribution in [0.5, 0.6) is 0 Å². The maximum Gasteiger partial charge on any atom is 0.241 e. The number of rotatable bonds is 5. The zero-order valence-corrected chi connectivity index (χ0v) is 15.7. The van der Waals surface area contributed by atoms with E-state index in [9.17, 15) is 13.2 Å². The molecule has 140 valence electrons. The van der Waals surface area contributed by atoms with Gasteiger partial charge in [-0.3, -0.25) is 4.79 Å². The van der Waals surface area contributed by atoms with Crippen molar-refractivity contribution in [2.45, 2.75) is 50.0 Å². The summed E-state index contributed by atoms with van der Waals surface area (Å²) in [4.78, 5) is 12.2. The van der Waals surface area contributed by atoms with Gasteiger partial charge >= 0.3 is 0 Å². The number of piperidine rings is 1. The van der Waals surface area contributed by atoms with E-state index in [4.69, 9.17) is 4.74 Å². The summed E-state index contributed by atoms with van der Waals surface area (Å²) in [6.45, 7) is 3.63. The monoisotopic (exact) mass is 389 g/mol. The van der Waals surface area contributed by atoms with Crippen molar-refractivity contribution in [2.24, 2.45) is 0 Å². The second-order valence-electron chi connectivity index (χ2n) is 6.31. The largest absolute Gasteiger partial charge is 0.372 e. The Balaban J connectivity index is 0.00000225. The van der Waals surface area contributed by atoms with Gasteiger partial charge in [-0.1, -0.05) is 6.07 Å². The maximum absolute atomic E-state index is 12.3. The van der Waals surface area contributed by atoms with Crippen LogP contribution in [0.3, 0.4) is 0 Å². The molecule has 1 fully saturated rings. The lowest BCUT2D eigenvalue weighted by Gasteiger charge is -2.30. The molecule has 0 spiro atoms. The summed E-state index contributed by atoms with van der Waals surface area (Å²) in [6.07, 6.45) is 1.90. The van der Waals surface area contributed by atoms with Crippen molar-refractivity contribution < 1.29 is 17.9 Å². The molecular formula is C16H24ClN3O4S. The quantitative estimate of drug-likeness (QED) is 0.688. The number of sulfonamides is 1. The van der Waals surface area contributed by atoms with Gasteiger partial charge in [-0.05, 0) is 49.6 Å². The van der Waals surface area contributed by atoms with Gasteiger partial charge in [0.15, 0.2) is 0 Å². The number of amides is 1. The molecule has 25 heavy (non-hydrogen) atoms. The summed E-state index contributed by atoms with van der Waals surface area (Å²) in [7, 11) is -3.71. The third kappa shape index (κ3) is 4.92. The number of ether oxygens (including phenoxy) is 1. The lowest BCUT2D eigenvalue weighted by molar-refractivity contribution is -0.121. The Bertz CT molecular complexity index is 726. The molecule has 1 aromatic carbocycles. The van der Waals surface area contributed by atoms with Crippen LogP contribution >= 0.6 is 12.4 Å². The van der Waals surface area contributed by atoms with Crippen molar-refractivity contribution in [3.8, 4) is 0 Å². The Hall–Kier alpha value is -1.19. The maximum atomic E-state index is 12.3. The molecule has 2 aliphatic rings. The van der Waals surface area contributed by atoms with E-state index in [1.807, 2.05) is 6.92 Å². The molecule has 3 N–H and O–H groups in total. The molecule has 1 amide bonds. The SMILES string of the molecule is CC1NCCCC1NC(=O)CNS(=O)(=O)c1ccc2c(c1)COC2.Cl. The van der Waals surface area contributed by atoms with Gasteiger partial charge in [-0.15, -0.1) is 12.4 Å². The predicted molar refractivity (Wildman–Crippen MR) is 96.0 cm³/mol. The smallest absolute Gasteiger partial charge is 0.241 e. The molecule has 0 bridgehead atoms. The predicted octanol–water partition coefficient (Wildman–Crippen LogP) is 0.674. The van der Waals surface area contributed by atoms with Crippen molar-refractivity contribution in [2.75, 3.05) is 13.1 Å². The van der Waals surface area contributed by atoms with Crippen LogP contribution in [0.4, 0.5) is 0 Å². The number of carbonyl (C=O) groups is 1. The van der Waals surface area contributed by atoms with Crippen molar-refractivity contribution in [1.29, 1.82) is 0 Å². The average Bonchev–Trinajstić information content (AvgIpc) is 3.03. The van der Waals surface area contributed by atoms with Gasteiger partial charge in [0.05, 0.1) is 24.7 Å². The molecule has 1 aromatic rings. The summed E-state index contributed by atoms with van der Waals surface area (Å²) in [6, 6.07) is 5.13. The number of halogens is 1. The number of hydrogen-bond donors (Lipinski definition) is 3. The summed E-state index contributed by atoms with van der Waals surface area (Å²) in [5.41, 5.74) is 1.88. The molecule has 9 heteroatoms. The third-order valence-electron chi connectivity index (χ3n) is 4.53. The van der Waals surface area contributed by atoms with Crippen LogP contribution in [0.15, 0.2) is 23.1 Å². The molecule has 2 aliphatic heterocycles. The molecule has 2 atom stereocenters. The average molecular weight is 390 g/mol. The molecular weight excluding hydrogens is 366 g/mol. The second kappa shape index (κ2) is 8.46. The van der Waals surface area contributed by atoms with Gasteiger partial charge in [0.25, 0.3) is 0 Å². The standard InChI is InChI=1S/C16H23N3O4S.ClH/c1-11-15(3-2-6-17-11)19-16(20)8-18-24(21,22)14-5-4-12-9-23-10-13(12)7-14;/h4-5,7,11,15,17-18H,2-3,6,8-10H2,1H3,(H,19,20);1H. The minimum absolute atomic E-state index is 0. The first-order valence-electron chi connectivity index (χ1n) is 8.18. The number of hydrogen-bond acceptors (Lipinski definition) is 5. The van der Waals surface area contributed by atoms with E-state index in [2.05, 4.69) is 15.4 Å². The zero-order chi connectivity index (χ0) is 17.2. The highest BCUT2D eigenvalue weighted by Crippen LogP contribution is 2.22. The van der Waals surface area contributed by atoms with Gasteiger partial charge in [-0.2, -0.15) is 0 Å². The third-order valence-corrected chi connectivity index (χ3v) is 5.93. The topological polar surface area (TPSA) is 96.5 Å². The fourth-order valence-corrected chi connectivity index (χ4v) is 4.09. The summed E-state index contributed by atoms with van der Waals surface area (Å²) >= 11 is 0. The highest BCUT2D eigenvalue weighted by Gasteiger charge is 2.24. The van der Waals surface area contributed by atoms with Crippen molar-refractivity contribution >= 4 is 28.3 Å². The molecule has 0 radical (unpaired) electrons. The van der Waals surface area contributed by atoms with E-state index in [1.165, 1.54) is 0 Å². The Kier molecular flexibility index (Phi) is 6.81.